The lowest BCUT2D eigenvalue weighted by atomic mass is 9.91. The topological polar surface area (TPSA) is 18.5 Å². The van der Waals surface area contributed by atoms with Gasteiger partial charge in [0.25, 0.3) is 0 Å². The Morgan fingerprint density at radius 1 is 1.10 bits per heavy atom. The van der Waals surface area contributed by atoms with Gasteiger partial charge in [-0.1, -0.05) is 54.2 Å². The average molecular weight is 376 g/mol. The molecule has 0 spiro atoms. The Morgan fingerprint density at radius 2 is 1.67 bits per heavy atom. The minimum absolute atomic E-state index is 0.266. The molecule has 1 unspecified atom stereocenters. The molecule has 1 aromatic rings. The van der Waals surface area contributed by atoms with E-state index in [-0.39, 0.29) is 4.83 Å². The van der Waals surface area contributed by atoms with E-state index in [1.54, 1.807) is 0 Å². The van der Waals surface area contributed by atoms with Gasteiger partial charge < -0.3 is 9.47 Å². The first-order valence-corrected chi connectivity index (χ1v) is 9.19. The lowest BCUT2D eigenvalue weighted by Crippen LogP contribution is -2.08. The van der Waals surface area contributed by atoms with Gasteiger partial charge in [0.05, 0.1) is 13.2 Å². The molecule has 118 valence electrons. The lowest BCUT2D eigenvalue weighted by Gasteiger charge is -2.24. The Morgan fingerprint density at radius 3 is 2.24 bits per heavy atom. The van der Waals surface area contributed by atoms with E-state index < -0.39 is 0 Å². The zero-order valence-electron chi connectivity index (χ0n) is 12.8. The minimum atomic E-state index is 0.266. The van der Waals surface area contributed by atoms with Crippen molar-refractivity contribution in [1.82, 2.24) is 0 Å². The van der Waals surface area contributed by atoms with Crippen LogP contribution in [0, 0.1) is 5.92 Å². The van der Waals surface area contributed by atoms with Crippen LogP contribution in [0.3, 0.4) is 0 Å². The molecule has 4 heteroatoms. The Kier molecular flexibility index (Phi) is 6.69. The summed E-state index contributed by atoms with van der Waals surface area (Å²) in [5.74, 6) is 2.19. The highest BCUT2D eigenvalue weighted by Gasteiger charge is 2.24. The maximum atomic E-state index is 6.49. The Hall–Kier alpha value is -0.410. The molecule has 1 aliphatic rings. The highest BCUT2D eigenvalue weighted by atomic mass is 79.9. The Bertz CT molecular complexity index is 458. The van der Waals surface area contributed by atoms with Gasteiger partial charge in [0.2, 0.25) is 0 Å². The van der Waals surface area contributed by atoms with E-state index in [0.717, 1.165) is 28.5 Å². The molecule has 1 aliphatic heterocycles. The van der Waals surface area contributed by atoms with Crippen LogP contribution >= 0.6 is 27.5 Å². The minimum Gasteiger partial charge on any atom is -0.490 e. The van der Waals surface area contributed by atoms with Gasteiger partial charge in [-0.15, -0.1) is 0 Å². The normalized spacial score (nSPS) is 15.9. The van der Waals surface area contributed by atoms with Gasteiger partial charge >= 0.3 is 0 Å². The molecule has 21 heavy (non-hydrogen) atoms. The van der Waals surface area contributed by atoms with E-state index in [1.165, 1.54) is 25.7 Å². The van der Waals surface area contributed by atoms with Crippen molar-refractivity contribution >= 4 is 27.5 Å². The van der Waals surface area contributed by atoms with Crippen molar-refractivity contribution < 1.29 is 9.47 Å². The largest absolute Gasteiger partial charge is 0.490 e. The summed E-state index contributed by atoms with van der Waals surface area (Å²) in [6.45, 7) is 5.86. The number of fused-ring (bicyclic) bond motifs is 1. The van der Waals surface area contributed by atoms with Crippen molar-refractivity contribution in [3.05, 3.63) is 22.7 Å². The van der Waals surface area contributed by atoms with Crippen molar-refractivity contribution in [1.29, 1.82) is 0 Å². The number of rotatable bonds is 6. The summed E-state index contributed by atoms with van der Waals surface area (Å²) in [4.78, 5) is 0.266. The van der Waals surface area contributed by atoms with Crippen LogP contribution in [0.15, 0.2) is 12.1 Å². The van der Waals surface area contributed by atoms with Gasteiger partial charge in [-0.05, 0) is 30.4 Å². The van der Waals surface area contributed by atoms with E-state index in [1.807, 2.05) is 6.07 Å². The van der Waals surface area contributed by atoms with Crippen LogP contribution in [0.25, 0.3) is 0 Å². The van der Waals surface area contributed by atoms with Gasteiger partial charge in [0.1, 0.15) is 0 Å². The monoisotopic (exact) mass is 374 g/mol. The van der Waals surface area contributed by atoms with Crippen molar-refractivity contribution in [3.63, 3.8) is 0 Å². The van der Waals surface area contributed by atoms with E-state index in [2.05, 4.69) is 35.8 Å². The van der Waals surface area contributed by atoms with Gasteiger partial charge in [-0.2, -0.15) is 0 Å². The first-order valence-electron chi connectivity index (χ1n) is 7.90. The van der Waals surface area contributed by atoms with Crippen LogP contribution in [0.4, 0.5) is 0 Å². The summed E-state index contributed by atoms with van der Waals surface area (Å²) in [7, 11) is 0. The third kappa shape index (κ3) is 4.29. The molecule has 0 radical (unpaired) electrons. The fraction of sp³-hybridized carbons (Fsp3) is 0.647. The molecule has 0 aromatic heterocycles. The summed E-state index contributed by atoms with van der Waals surface area (Å²) in [6.07, 6.45) is 5.70. The molecule has 0 N–H and O–H groups in total. The second-order valence-electron chi connectivity index (χ2n) is 5.61. The molecule has 0 fully saturated rings. The van der Waals surface area contributed by atoms with Crippen molar-refractivity contribution in [2.75, 3.05) is 13.2 Å². The molecule has 2 rings (SSSR count). The van der Waals surface area contributed by atoms with Crippen LogP contribution in [-0.2, 0) is 0 Å². The highest BCUT2D eigenvalue weighted by Crippen LogP contribution is 2.44. The predicted octanol–water partition coefficient (Wildman–Crippen LogP) is 6.15. The summed E-state index contributed by atoms with van der Waals surface area (Å²) >= 11 is 10.4. The molecule has 1 heterocycles. The van der Waals surface area contributed by atoms with Gasteiger partial charge in [-0.25, -0.2) is 0 Å². The number of hydrogen-bond donors (Lipinski definition) is 0. The molecule has 0 saturated heterocycles. The van der Waals surface area contributed by atoms with Crippen LogP contribution in [0.5, 0.6) is 11.5 Å². The van der Waals surface area contributed by atoms with Crippen molar-refractivity contribution in [2.24, 2.45) is 5.92 Å². The van der Waals surface area contributed by atoms with Crippen molar-refractivity contribution in [3.8, 4) is 11.5 Å². The Labute approximate surface area is 141 Å². The van der Waals surface area contributed by atoms with Crippen LogP contribution in [-0.4, -0.2) is 13.2 Å². The van der Waals surface area contributed by atoms with E-state index in [9.17, 15) is 0 Å². The maximum absolute atomic E-state index is 6.49. The summed E-state index contributed by atoms with van der Waals surface area (Å²) in [5, 5.41) is 0.762. The van der Waals surface area contributed by atoms with E-state index >= 15 is 0 Å². The van der Waals surface area contributed by atoms with Crippen LogP contribution in [0.2, 0.25) is 5.02 Å². The molecule has 1 aromatic carbocycles. The summed E-state index contributed by atoms with van der Waals surface area (Å²) in [5.41, 5.74) is 1.12. The standard InChI is InChI=1S/C17H24BrClO2/c1-3-6-12(7-4-2)17(18)13-10-15-16(11-14(13)19)21-9-5-8-20-15/h10-12,17H,3-9H2,1-2H3. The molecule has 0 bridgehead atoms. The maximum Gasteiger partial charge on any atom is 0.162 e. The number of alkyl halides is 1. The van der Waals surface area contributed by atoms with Crippen LogP contribution < -0.4 is 9.47 Å². The molecule has 0 aliphatic carbocycles. The van der Waals surface area contributed by atoms with E-state index in [0.29, 0.717) is 19.1 Å². The van der Waals surface area contributed by atoms with E-state index in [4.69, 9.17) is 21.1 Å². The smallest absolute Gasteiger partial charge is 0.162 e. The summed E-state index contributed by atoms with van der Waals surface area (Å²) in [6, 6.07) is 3.96. The lowest BCUT2D eigenvalue weighted by molar-refractivity contribution is 0.297. The second-order valence-corrected chi connectivity index (χ2v) is 7.00. The van der Waals surface area contributed by atoms with Gasteiger partial charge in [0.15, 0.2) is 11.5 Å². The highest BCUT2D eigenvalue weighted by molar-refractivity contribution is 9.09. The number of ether oxygens (including phenoxy) is 2. The first-order chi connectivity index (χ1) is 10.2. The molecule has 2 nitrogen and oxygen atoms in total. The molecule has 0 amide bonds. The second kappa shape index (κ2) is 8.28. The first kappa shape index (κ1) is 17.0. The zero-order chi connectivity index (χ0) is 15.2. The SMILES string of the molecule is CCCC(CCC)C(Br)c1cc2c(cc1Cl)OCCCO2. The Balaban J connectivity index is 2.27. The average Bonchev–Trinajstić information content (AvgIpc) is 2.70. The van der Waals surface area contributed by atoms with Gasteiger partial charge in [0, 0.05) is 22.3 Å². The van der Waals surface area contributed by atoms with Gasteiger partial charge in [-0.3, -0.25) is 0 Å². The molecular formula is C17H24BrClO2. The number of hydrogen-bond acceptors (Lipinski definition) is 2. The molecular weight excluding hydrogens is 352 g/mol. The number of halogens is 2. The third-order valence-electron chi connectivity index (χ3n) is 3.90. The third-order valence-corrected chi connectivity index (χ3v) is 5.46. The predicted molar refractivity (Wildman–Crippen MR) is 92.0 cm³/mol. The van der Waals surface area contributed by atoms with Crippen molar-refractivity contribution in [2.45, 2.75) is 50.8 Å². The fourth-order valence-corrected chi connectivity index (χ4v) is 4.15. The molecule has 1 atom stereocenters. The van der Waals surface area contributed by atoms with Crippen LogP contribution in [0.1, 0.15) is 56.3 Å². The quantitative estimate of drug-likeness (QED) is 0.555. The molecule has 0 saturated carbocycles. The number of benzene rings is 1. The summed E-state index contributed by atoms with van der Waals surface area (Å²) < 4.78 is 11.5. The zero-order valence-corrected chi connectivity index (χ0v) is 15.2. The fourth-order valence-electron chi connectivity index (χ4n) is 2.84.